The molecule has 24 heavy (non-hydrogen) atoms. The number of aryl methyl sites for hydroxylation is 2. The Morgan fingerprint density at radius 3 is 2.67 bits per heavy atom. The Bertz CT molecular complexity index is 694. The topological polar surface area (TPSA) is 38.3 Å². The van der Waals surface area contributed by atoms with Crippen LogP contribution < -0.4 is 10.1 Å². The van der Waals surface area contributed by atoms with Gasteiger partial charge in [0.2, 0.25) is 5.91 Å². The molecular formula is C21H27NO2. The standard InChI is InChI=1S/C21H27NO2/c1-5-16(3)18-8-6-7-9-19(18)22-21(23)12-13-24-20-14-15(2)10-11-17(20)4/h6-11,14,16H,5,12-13H2,1-4H3,(H,22,23)/t16-/m1/s1. The van der Waals surface area contributed by atoms with E-state index in [1.165, 1.54) is 5.56 Å². The Labute approximate surface area is 145 Å². The van der Waals surface area contributed by atoms with Gasteiger partial charge in [-0.25, -0.2) is 0 Å². The monoisotopic (exact) mass is 325 g/mol. The van der Waals surface area contributed by atoms with Crippen LogP contribution in [0.15, 0.2) is 42.5 Å². The molecule has 0 fully saturated rings. The fourth-order valence-corrected chi connectivity index (χ4v) is 2.59. The number of hydrogen-bond acceptors (Lipinski definition) is 2. The van der Waals surface area contributed by atoms with Gasteiger partial charge in [0, 0.05) is 5.69 Å². The highest BCUT2D eigenvalue weighted by Gasteiger charge is 2.11. The maximum absolute atomic E-state index is 12.2. The van der Waals surface area contributed by atoms with Gasteiger partial charge >= 0.3 is 0 Å². The summed E-state index contributed by atoms with van der Waals surface area (Å²) in [4.78, 5) is 12.2. The van der Waals surface area contributed by atoms with E-state index >= 15 is 0 Å². The smallest absolute Gasteiger partial charge is 0.227 e. The first-order valence-electron chi connectivity index (χ1n) is 8.60. The number of rotatable bonds is 7. The molecule has 0 aromatic heterocycles. The van der Waals surface area contributed by atoms with Crippen LogP contribution in [0.1, 0.15) is 49.3 Å². The molecule has 2 rings (SSSR count). The quantitative estimate of drug-likeness (QED) is 0.757. The van der Waals surface area contributed by atoms with Crippen molar-refractivity contribution in [3.05, 3.63) is 59.2 Å². The van der Waals surface area contributed by atoms with Crippen molar-refractivity contribution in [2.75, 3.05) is 11.9 Å². The van der Waals surface area contributed by atoms with Gasteiger partial charge in [-0.1, -0.05) is 44.2 Å². The number of nitrogens with one attached hydrogen (secondary N) is 1. The number of benzene rings is 2. The zero-order chi connectivity index (χ0) is 17.5. The lowest BCUT2D eigenvalue weighted by Gasteiger charge is -2.16. The van der Waals surface area contributed by atoms with Crippen LogP contribution in [-0.4, -0.2) is 12.5 Å². The third kappa shape index (κ3) is 4.85. The summed E-state index contributed by atoms with van der Waals surface area (Å²) in [6.07, 6.45) is 1.38. The zero-order valence-corrected chi connectivity index (χ0v) is 15.1. The normalized spacial score (nSPS) is 11.8. The molecule has 3 nitrogen and oxygen atoms in total. The average molecular weight is 325 g/mol. The van der Waals surface area contributed by atoms with Gasteiger partial charge in [-0.15, -0.1) is 0 Å². The molecule has 0 bridgehead atoms. The highest BCUT2D eigenvalue weighted by Crippen LogP contribution is 2.26. The molecule has 0 aliphatic rings. The van der Waals surface area contributed by atoms with Crippen LogP contribution in [0.4, 0.5) is 5.69 Å². The van der Waals surface area contributed by atoms with Crippen molar-refractivity contribution < 1.29 is 9.53 Å². The number of carbonyl (C=O) groups is 1. The van der Waals surface area contributed by atoms with Crippen LogP contribution in [0.2, 0.25) is 0 Å². The van der Waals surface area contributed by atoms with Crippen molar-refractivity contribution in [3.63, 3.8) is 0 Å². The summed E-state index contributed by atoms with van der Waals surface area (Å²) in [7, 11) is 0. The molecule has 2 aromatic rings. The molecule has 0 heterocycles. The molecule has 3 heteroatoms. The summed E-state index contributed by atoms with van der Waals surface area (Å²) >= 11 is 0. The van der Waals surface area contributed by atoms with Gasteiger partial charge in [-0.2, -0.15) is 0 Å². The maximum Gasteiger partial charge on any atom is 0.227 e. The second-order valence-electron chi connectivity index (χ2n) is 6.31. The lowest BCUT2D eigenvalue weighted by molar-refractivity contribution is -0.116. The third-order valence-corrected chi connectivity index (χ3v) is 4.31. The van der Waals surface area contributed by atoms with E-state index in [1.54, 1.807) is 0 Å². The fourth-order valence-electron chi connectivity index (χ4n) is 2.59. The van der Waals surface area contributed by atoms with E-state index in [1.807, 2.05) is 44.2 Å². The first-order valence-corrected chi connectivity index (χ1v) is 8.60. The van der Waals surface area contributed by atoms with E-state index in [-0.39, 0.29) is 5.91 Å². The minimum atomic E-state index is -0.0175. The highest BCUT2D eigenvalue weighted by molar-refractivity contribution is 5.91. The minimum Gasteiger partial charge on any atom is -0.493 e. The molecule has 128 valence electrons. The van der Waals surface area contributed by atoms with Crippen LogP contribution in [0.3, 0.4) is 0 Å². The van der Waals surface area contributed by atoms with Crippen LogP contribution in [0, 0.1) is 13.8 Å². The first kappa shape index (κ1) is 18.1. The number of carbonyl (C=O) groups excluding carboxylic acids is 1. The predicted molar refractivity (Wildman–Crippen MR) is 99.8 cm³/mol. The van der Waals surface area contributed by atoms with Crippen LogP contribution >= 0.6 is 0 Å². The molecule has 0 aliphatic heterocycles. The summed E-state index contributed by atoms with van der Waals surface area (Å²) in [5, 5.41) is 3.02. The van der Waals surface area contributed by atoms with Crippen molar-refractivity contribution in [1.82, 2.24) is 0 Å². The second kappa shape index (κ2) is 8.53. The van der Waals surface area contributed by atoms with Crippen molar-refractivity contribution >= 4 is 11.6 Å². The molecule has 0 aliphatic carbocycles. The molecule has 1 N–H and O–H groups in total. The van der Waals surface area contributed by atoms with E-state index < -0.39 is 0 Å². The van der Waals surface area contributed by atoms with E-state index in [9.17, 15) is 4.79 Å². The average Bonchev–Trinajstić information content (AvgIpc) is 2.57. The molecule has 2 aromatic carbocycles. The lowest BCUT2D eigenvalue weighted by Crippen LogP contribution is -2.16. The van der Waals surface area contributed by atoms with Gasteiger partial charge < -0.3 is 10.1 Å². The van der Waals surface area contributed by atoms with Gasteiger partial charge in [-0.3, -0.25) is 4.79 Å². The van der Waals surface area contributed by atoms with E-state index in [4.69, 9.17) is 4.74 Å². The van der Waals surface area contributed by atoms with Gasteiger partial charge in [-0.05, 0) is 55.0 Å². The highest BCUT2D eigenvalue weighted by atomic mass is 16.5. The molecular weight excluding hydrogens is 298 g/mol. The Morgan fingerprint density at radius 2 is 1.92 bits per heavy atom. The second-order valence-corrected chi connectivity index (χ2v) is 6.31. The van der Waals surface area contributed by atoms with E-state index in [0.717, 1.165) is 29.0 Å². The molecule has 1 amide bonds. The summed E-state index contributed by atoms with van der Waals surface area (Å²) in [5.74, 6) is 1.26. The van der Waals surface area contributed by atoms with Crippen molar-refractivity contribution in [3.8, 4) is 5.75 Å². The largest absolute Gasteiger partial charge is 0.493 e. The number of amides is 1. The third-order valence-electron chi connectivity index (χ3n) is 4.31. The van der Waals surface area contributed by atoms with Gasteiger partial charge in [0.15, 0.2) is 0 Å². The zero-order valence-electron chi connectivity index (χ0n) is 15.1. The number of hydrogen-bond donors (Lipinski definition) is 1. The maximum atomic E-state index is 12.2. The molecule has 0 unspecified atom stereocenters. The first-order chi connectivity index (χ1) is 11.5. The van der Waals surface area contributed by atoms with Crippen molar-refractivity contribution in [2.24, 2.45) is 0 Å². The summed E-state index contributed by atoms with van der Waals surface area (Å²) < 4.78 is 5.76. The molecule has 0 saturated carbocycles. The molecule has 0 radical (unpaired) electrons. The predicted octanol–water partition coefficient (Wildman–Crippen LogP) is 5.22. The number of para-hydroxylation sites is 1. The van der Waals surface area contributed by atoms with E-state index in [2.05, 4.69) is 31.3 Å². The number of ether oxygens (including phenoxy) is 1. The van der Waals surface area contributed by atoms with Crippen molar-refractivity contribution in [1.29, 1.82) is 0 Å². The SMILES string of the molecule is CC[C@@H](C)c1ccccc1NC(=O)CCOc1cc(C)ccc1C. The lowest BCUT2D eigenvalue weighted by atomic mass is 9.97. The minimum absolute atomic E-state index is 0.0175. The van der Waals surface area contributed by atoms with Crippen LogP contribution in [0.5, 0.6) is 5.75 Å². The van der Waals surface area contributed by atoms with Crippen LogP contribution in [0.25, 0.3) is 0 Å². The Balaban J connectivity index is 1.91. The van der Waals surface area contributed by atoms with Gasteiger partial charge in [0.1, 0.15) is 5.75 Å². The molecule has 0 spiro atoms. The molecule has 1 atom stereocenters. The van der Waals surface area contributed by atoms with Crippen LogP contribution in [-0.2, 0) is 4.79 Å². The Hall–Kier alpha value is -2.29. The fraction of sp³-hybridized carbons (Fsp3) is 0.381. The molecule has 0 saturated heterocycles. The summed E-state index contributed by atoms with van der Waals surface area (Å²) in [5.41, 5.74) is 4.33. The Morgan fingerprint density at radius 1 is 1.17 bits per heavy atom. The summed E-state index contributed by atoms with van der Waals surface area (Å²) in [6, 6.07) is 14.1. The summed E-state index contributed by atoms with van der Waals surface area (Å²) in [6.45, 7) is 8.75. The van der Waals surface area contributed by atoms with E-state index in [0.29, 0.717) is 18.9 Å². The van der Waals surface area contributed by atoms with Gasteiger partial charge in [0.05, 0.1) is 13.0 Å². The van der Waals surface area contributed by atoms with Crippen molar-refractivity contribution in [2.45, 2.75) is 46.5 Å². The number of anilines is 1. The van der Waals surface area contributed by atoms with Gasteiger partial charge in [0.25, 0.3) is 0 Å². The Kier molecular flexibility index (Phi) is 6.42.